The van der Waals surface area contributed by atoms with E-state index in [2.05, 4.69) is 10.1 Å². The van der Waals surface area contributed by atoms with E-state index in [1.165, 1.54) is 22.2 Å². The van der Waals surface area contributed by atoms with E-state index in [1.54, 1.807) is 12.4 Å². The van der Waals surface area contributed by atoms with E-state index in [9.17, 15) is 4.79 Å². The minimum absolute atomic E-state index is 0.190. The molecule has 6 heteroatoms. The quantitative estimate of drug-likeness (QED) is 0.757. The molecule has 2 aromatic rings. The molecule has 0 radical (unpaired) electrons. The van der Waals surface area contributed by atoms with Crippen LogP contribution in [-0.4, -0.2) is 20.5 Å². The summed E-state index contributed by atoms with van der Waals surface area (Å²) in [5.41, 5.74) is 0.796. The monoisotopic (exact) mass is 241 g/mol. The molecule has 0 bridgehead atoms. The second-order valence-corrected chi connectivity index (χ2v) is 4.52. The molecule has 15 heavy (non-hydrogen) atoms. The Bertz CT molecular complexity index is 498. The molecule has 0 N–H and O–H groups in total. The summed E-state index contributed by atoms with van der Waals surface area (Å²) in [6.45, 7) is 1.85. The Morgan fingerprint density at radius 1 is 1.60 bits per heavy atom. The summed E-state index contributed by atoms with van der Waals surface area (Å²) in [6.07, 6.45) is 1.45. The van der Waals surface area contributed by atoms with Crippen LogP contribution in [0.1, 0.15) is 21.2 Å². The second-order valence-electron chi connectivity index (χ2n) is 3.05. The molecule has 0 spiro atoms. The molecule has 0 unspecified atom stereocenters. The van der Waals surface area contributed by atoms with E-state index < -0.39 is 0 Å². The van der Waals surface area contributed by atoms with Gasteiger partial charge in [-0.1, -0.05) is 11.6 Å². The first-order valence-electron chi connectivity index (χ1n) is 4.24. The molecule has 0 aliphatic rings. The van der Waals surface area contributed by atoms with Gasteiger partial charge in [0.05, 0.1) is 16.2 Å². The summed E-state index contributed by atoms with van der Waals surface area (Å²) >= 11 is 7.31. The van der Waals surface area contributed by atoms with Crippen LogP contribution < -0.4 is 0 Å². The molecule has 0 amide bonds. The first-order valence-corrected chi connectivity index (χ1v) is 5.49. The maximum atomic E-state index is 12.0. The number of carbonyl (C=O) groups excluding carboxylic acids is 1. The third kappa shape index (κ3) is 1.80. The van der Waals surface area contributed by atoms with Crippen LogP contribution in [0.25, 0.3) is 0 Å². The Labute approximate surface area is 95.5 Å². The minimum Gasteiger partial charge on any atom is -0.285 e. The fourth-order valence-corrected chi connectivity index (χ4v) is 2.10. The number of hydrogen-bond donors (Lipinski definition) is 0. The average Bonchev–Trinajstić information content (AvgIpc) is 2.73. The first kappa shape index (κ1) is 10.3. The molecule has 0 aliphatic carbocycles. The topological polar surface area (TPSA) is 47.8 Å². The molecular formula is C9H8ClN3OS. The molecule has 0 aliphatic heterocycles. The Balaban J connectivity index is 2.45. The van der Waals surface area contributed by atoms with Crippen molar-refractivity contribution in [2.75, 3.05) is 0 Å². The summed E-state index contributed by atoms with van der Waals surface area (Å²) < 4.78 is 1.46. The molecule has 2 heterocycles. The predicted octanol–water partition coefficient (Wildman–Crippen LogP) is 2.07. The average molecular weight is 242 g/mol. The van der Waals surface area contributed by atoms with Gasteiger partial charge in [0.25, 0.3) is 0 Å². The SMILES string of the molecule is Cc1nc(C(=O)c2c(Cl)cnn2C)cs1. The lowest BCUT2D eigenvalue weighted by Crippen LogP contribution is -2.09. The van der Waals surface area contributed by atoms with Crippen molar-refractivity contribution in [3.05, 3.63) is 33.0 Å². The number of rotatable bonds is 2. The summed E-state index contributed by atoms with van der Waals surface area (Å²) in [7, 11) is 1.68. The molecule has 4 nitrogen and oxygen atoms in total. The van der Waals surface area contributed by atoms with Crippen LogP contribution in [0.5, 0.6) is 0 Å². The predicted molar refractivity (Wildman–Crippen MR) is 58.5 cm³/mol. The molecule has 0 saturated heterocycles. The van der Waals surface area contributed by atoms with Crippen LogP contribution in [0, 0.1) is 6.92 Å². The van der Waals surface area contributed by atoms with Crippen molar-refractivity contribution in [2.24, 2.45) is 7.05 Å². The number of halogens is 1. The number of carbonyl (C=O) groups is 1. The van der Waals surface area contributed by atoms with E-state index in [4.69, 9.17) is 11.6 Å². The van der Waals surface area contributed by atoms with Gasteiger partial charge < -0.3 is 0 Å². The van der Waals surface area contributed by atoms with E-state index in [-0.39, 0.29) is 5.78 Å². The van der Waals surface area contributed by atoms with E-state index in [0.29, 0.717) is 16.4 Å². The molecule has 78 valence electrons. The van der Waals surface area contributed by atoms with Gasteiger partial charge in [0.1, 0.15) is 11.4 Å². The number of aryl methyl sites for hydroxylation is 2. The molecule has 0 saturated carbocycles. The van der Waals surface area contributed by atoms with Crippen LogP contribution in [-0.2, 0) is 7.05 Å². The summed E-state index contributed by atoms with van der Waals surface area (Å²) in [5.74, 6) is -0.190. The van der Waals surface area contributed by atoms with E-state index in [1.807, 2.05) is 6.92 Å². The van der Waals surface area contributed by atoms with Crippen molar-refractivity contribution in [3.8, 4) is 0 Å². The lowest BCUT2D eigenvalue weighted by Gasteiger charge is -1.98. The highest BCUT2D eigenvalue weighted by Crippen LogP contribution is 2.19. The summed E-state index contributed by atoms with van der Waals surface area (Å²) in [4.78, 5) is 16.1. The van der Waals surface area contributed by atoms with Crippen molar-refractivity contribution >= 4 is 28.7 Å². The van der Waals surface area contributed by atoms with Gasteiger partial charge >= 0.3 is 0 Å². The number of aromatic nitrogens is 3. The fraction of sp³-hybridized carbons (Fsp3) is 0.222. The molecule has 2 aromatic heterocycles. The molecule has 0 aromatic carbocycles. The van der Waals surface area contributed by atoms with Crippen molar-refractivity contribution in [1.82, 2.24) is 14.8 Å². The standard InChI is InChI=1S/C9H8ClN3OS/c1-5-12-7(4-15-5)9(14)8-6(10)3-11-13(8)2/h3-4H,1-2H3. The highest BCUT2D eigenvalue weighted by molar-refractivity contribution is 7.09. The third-order valence-electron chi connectivity index (χ3n) is 1.96. The maximum absolute atomic E-state index is 12.0. The fourth-order valence-electron chi connectivity index (χ4n) is 1.26. The lowest BCUT2D eigenvalue weighted by molar-refractivity contribution is 0.102. The van der Waals surface area contributed by atoms with E-state index >= 15 is 0 Å². The maximum Gasteiger partial charge on any atom is 0.231 e. The first-order chi connectivity index (χ1) is 7.09. The number of thiazole rings is 1. The van der Waals surface area contributed by atoms with Crippen LogP contribution in [0.4, 0.5) is 0 Å². The molecule has 0 atom stereocenters. The van der Waals surface area contributed by atoms with Crippen molar-refractivity contribution in [2.45, 2.75) is 6.92 Å². The van der Waals surface area contributed by atoms with Crippen LogP contribution in [0.15, 0.2) is 11.6 Å². The Morgan fingerprint density at radius 3 is 2.80 bits per heavy atom. The van der Waals surface area contributed by atoms with Gasteiger partial charge in [-0.15, -0.1) is 11.3 Å². The normalized spacial score (nSPS) is 10.6. The Kier molecular flexibility index (Phi) is 2.58. The van der Waals surface area contributed by atoms with Crippen molar-refractivity contribution < 1.29 is 4.79 Å². The summed E-state index contributed by atoms with van der Waals surface area (Å²) in [6, 6.07) is 0. The van der Waals surface area contributed by atoms with E-state index in [0.717, 1.165) is 5.01 Å². The van der Waals surface area contributed by atoms with Gasteiger partial charge in [-0.3, -0.25) is 9.48 Å². The van der Waals surface area contributed by atoms with Gasteiger partial charge in [0, 0.05) is 12.4 Å². The minimum atomic E-state index is -0.190. The number of nitrogens with zero attached hydrogens (tertiary/aromatic N) is 3. The lowest BCUT2D eigenvalue weighted by atomic mass is 10.2. The number of hydrogen-bond acceptors (Lipinski definition) is 4. The smallest absolute Gasteiger partial charge is 0.231 e. The zero-order chi connectivity index (χ0) is 11.0. The van der Waals surface area contributed by atoms with Gasteiger partial charge in [-0.25, -0.2) is 4.98 Å². The zero-order valence-electron chi connectivity index (χ0n) is 8.19. The highest BCUT2D eigenvalue weighted by atomic mass is 35.5. The number of ketones is 1. The van der Waals surface area contributed by atoms with Gasteiger partial charge in [-0.2, -0.15) is 5.10 Å². The highest BCUT2D eigenvalue weighted by Gasteiger charge is 2.19. The van der Waals surface area contributed by atoms with Crippen LogP contribution in [0.3, 0.4) is 0 Å². The van der Waals surface area contributed by atoms with Crippen molar-refractivity contribution in [3.63, 3.8) is 0 Å². The largest absolute Gasteiger partial charge is 0.285 e. The third-order valence-corrected chi connectivity index (χ3v) is 3.01. The van der Waals surface area contributed by atoms with Crippen molar-refractivity contribution in [1.29, 1.82) is 0 Å². The Hall–Kier alpha value is -1.20. The molecule has 0 fully saturated rings. The second kappa shape index (κ2) is 3.75. The van der Waals surface area contributed by atoms with Crippen LogP contribution >= 0.6 is 22.9 Å². The van der Waals surface area contributed by atoms with Crippen LogP contribution in [0.2, 0.25) is 5.02 Å². The van der Waals surface area contributed by atoms with Gasteiger partial charge in [0.2, 0.25) is 5.78 Å². The zero-order valence-corrected chi connectivity index (χ0v) is 9.76. The Morgan fingerprint density at radius 2 is 2.33 bits per heavy atom. The molecular weight excluding hydrogens is 234 g/mol. The van der Waals surface area contributed by atoms with Gasteiger partial charge in [0.15, 0.2) is 0 Å². The molecule has 2 rings (SSSR count). The van der Waals surface area contributed by atoms with Gasteiger partial charge in [-0.05, 0) is 6.92 Å². The summed E-state index contributed by atoms with van der Waals surface area (Å²) in [5, 5.41) is 6.85.